The highest BCUT2D eigenvalue weighted by molar-refractivity contribution is 7.91. The van der Waals surface area contributed by atoms with E-state index in [9.17, 15) is 13.2 Å². The summed E-state index contributed by atoms with van der Waals surface area (Å²) in [4.78, 5) is 13.0. The monoisotopic (exact) mass is 391 g/mol. The van der Waals surface area contributed by atoms with Crippen LogP contribution in [-0.2, 0) is 14.6 Å². The molecule has 0 radical (unpaired) electrons. The van der Waals surface area contributed by atoms with Gasteiger partial charge in [-0.15, -0.1) is 16.4 Å². The van der Waals surface area contributed by atoms with E-state index in [1.165, 1.54) is 11.3 Å². The number of nitrogens with zero attached hydrogens (tertiary/aromatic N) is 2. The summed E-state index contributed by atoms with van der Waals surface area (Å²) in [6, 6.07) is 10.3. The second-order valence-corrected chi connectivity index (χ2v) is 8.73. The predicted octanol–water partition coefficient (Wildman–Crippen LogP) is 3.30. The van der Waals surface area contributed by atoms with Crippen molar-refractivity contribution in [3.05, 3.63) is 47.3 Å². The number of rotatable bonds is 7. The average molecular weight is 391 g/mol. The number of aryl methyl sites for hydroxylation is 1. The van der Waals surface area contributed by atoms with Crippen LogP contribution in [0.3, 0.4) is 0 Å². The van der Waals surface area contributed by atoms with Crippen LogP contribution in [0.2, 0.25) is 0 Å². The van der Waals surface area contributed by atoms with Gasteiger partial charge in [-0.25, -0.2) is 8.42 Å². The van der Waals surface area contributed by atoms with Crippen molar-refractivity contribution in [1.82, 2.24) is 10.2 Å². The quantitative estimate of drug-likeness (QED) is 0.663. The summed E-state index contributed by atoms with van der Waals surface area (Å²) in [5.74, 6) is -0.143. The molecule has 0 bridgehead atoms. The van der Waals surface area contributed by atoms with Gasteiger partial charge in [0, 0.05) is 6.42 Å². The summed E-state index contributed by atoms with van der Waals surface area (Å²) < 4.78 is 29.9. The van der Waals surface area contributed by atoms with Crippen molar-refractivity contribution in [2.24, 2.45) is 0 Å². The first-order chi connectivity index (χ1) is 12.4. The van der Waals surface area contributed by atoms with Crippen molar-refractivity contribution in [3.63, 3.8) is 0 Å². The lowest BCUT2D eigenvalue weighted by atomic mass is 10.2. The lowest BCUT2D eigenvalue weighted by Crippen LogP contribution is -2.14. The second-order valence-electron chi connectivity index (χ2n) is 5.67. The van der Waals surface area contributed by atoms with Crippen molar-refractivity contribution in [2.75, 3.05) is 11.1 Å². The molecular formula is C17H17N3O4S2. The number of aromatic nitrogens is 2. The van der Waals surface area contributed by atoms with Gasteiger partial charge in [-0.3, -0.25) is 10.1 Å². The Hall–Kier alpha value is -2.52. The highest BCUT2D eigenvalue weighted by Gasteiger charge is 2.16. The zero-order valence-electron chi connectivity index (χ0n) is 14.0. The molecule has 26 heavy (non-hydrogen) atoms. The van der Waals surface area contributed by atoms with Gasteiger partial charge in [-0.05, 0) is 36.9 Å². The largest absolute Gasteiger partial charge is 0.402 e. The van der Waals surface area contributed by atoms with Crippen LogP contribution in [0.4, 0.5) is 6.01 Å². The molecule has 1 aromatic carbocycles. The third-order valence-electron chi connectivity index (χ3n) is 3.60. The molecule has 0 atom stereocenters. The van der Waals surface area contributed by atoms with E-state index in [4.69, 9.17) is 4.42 Å². The number of anilines is 1. The van der Waals surface area contributed by atoms with E-state index in [0.717, 1.165) is 10.4 Å². The van der Waals surface area contributed by atoms with E-state index in [1.807, 2.05) is 24.4 Å². The molecule has 0 saturated carbocycles. The maximum atomic E-state index is 12.2. The maximum absolute atomic E-state index is 12.2. The lowest BCUT2D eigenvalue weighted by molar-refractivity contribution is -0.116. The standard InChI is InChI=1S/C17H17N3O4S2/c1-12-6-8-13(9-7-12)26(22,23)11-3-5-15(21)18-17-20-19-16(24-17)14-4-2-10-25-14/h2,4,6-10H,3,5,11H2,1H3,(H,18,20,21). The molecule has 7 nitrogen and oxygen atoms in total. The summed E-state index contributed by atoms with van der Waals surface area (Å²) in [6.07, 6.45) is 0.246. The van der Waals surface area contributed by atoms with Crippen LogP contribution in [0, 0.1) is 6.92 Å². The van der Waals surface area contributed by atoms with Gasteiger partial charge in [0.1, 0.15) is 0 Å². The Labute approximate surface area is 155 Å². The summed E-state index contributed by atoms with van der Waals surface area (Å²) in [6.45, 7) is 1.89. The van der Waals surface area contributed by atoms with E-state index in [-0.39, 0.29) is 35.4 Å². The number of sulfone groups is 1. The minimum absolute atomic E-state index is 0.000193. The van der Waals surface area contributed by atoms with Crippen molar-refractivity contribution in [3.8, 4) is 10.8 Å². The number of hydrogen-bond acceptors (Lipinski definition) is 7. The molecule has 0 unspecified atom stereocenters. The van der Waals surface area contributed by atoms with Crippen LogP contribution in [0.5, 0.6) is 0 Å². The zero-order chi connectivity index (χ0) is 18.6. The highest BCUT2D eigenvalue weighted by atomic mass is 32.2. The summed E-state index contributed by atoms with van der Waals surface area (Å²) in [5, 5.41) is 12.0. The Morgan fingerprint density at radius 3 is 2.65 bits per heavy atom. The number of carbonyl (C=O) groups is 1. The summed E-state index contributed by atoms with van der Waals surface area (Å²) >= 11 is 1.45. The number of benzene rings is 1. The van der Waals surface area contributed by atoms with E-state index in [0.29, 0.717) is 5.89 Å². The van der Waals surface area contributed by atoms with Crippen molar-refractivity contribution >= 4 is 33.1 Å². The fourth-order valence-electron chi connectivity index (χ4n) is 2.24. The summed E-state index contributed by atoms with van der Waals surface area (Å²) in [7, 11) is -3.40. The zero-order valence-corrected chi connectivity index (χ0v) is 15.6. The van der Waals surface area contributed by atoms with Crippen LogP contribution in [-0.4, -0.2) is 30.3 Å². The Morgan fingerprint density at radius 2 is 1.96 bits per heavy atom. The normalized spacial score (nSPS) is 11.4. The summed E-state index contributed by atoms with van der Waals surface area (Å²) in [5.41, 5.74) is 0.991. The van der Waals surface area contributed by atoms with Crippen molar-refractivity contribution in [1.29, 1.82) is 0 Å². The van der Waals surface area contributed by atoms with Crippen molar-refractivity contribution in [2.45, 2.75) is 24.7 Å². The van der Waals surface area contributed by atoms with Crippen LogP contribution >= 0.6 is 11.3 Å². The van der Waals surface area contributed by atoms with Crippen LogP contribution in [0.25, 0.3) is 10.8 Å². The number of amides is 1. The van der Waals surface area contributed by atoms with E-state index in [1.54, 1.807) is 24.3 Å². The SMILES string of the molecule is Cc1ccc(S(=O)(=O)CCCC(=O)Nc2nnc(-c3cccs3)o2)cc1. The van der Waals surface area contributed by atoms with Gasteiger partial charge < -0.3 is 4.42 Å². The molecule has 9 heteroatoms. The predicted molar refractivity (Wildman–Crippen MR) is 98.7 cm³/mol. The maximum Gasteiger partial charge on any atom is 0.322 e. The van der Waals surface area contributed by atoms with E-state index in [2.05, 4.69) is 15.5 Å². The van der Waals surface area contributed by atoms with E-state index < -0.39 is 9.84 Å². The fraction of sp³-hybridized carbons (Fsp3) is 0.235. The first-order valence-electron chi connectivity index (χ1n) is 7.91. The Kier molecular flexibility index (Phi) is 5.48. The molecule has 3 rings (SSSR count). The molecule has 0 aliphatic heterocycles. The Bertz CT molecular complexity index is 977. The fourth-order valence-corrected chi connectivity index (χ4v) is 4.20. The van der Waals surface area contributed by atoms with Gasteiger partial charge in [-0.2, -0.15) is 0 Å². The lowest BCUT2D eigenvalue weighted by Gasteiger charge is -2.05. The first-order valence-corrected chi connectivity index (χ1v) is 10.4. The second kappa shape index (κ2) is 7.79. The molecular weight excluding hydrogens is 374 g/mol. The molecule has 3 aromatic rings. The molecule has 2 heterocycles. The molecule has 0 spiro atoms. The smallest absolute Gasteiger partial charge is 0.322 e. The van der Waals surface area contributed by atoms with Gasteiger partial charge in [0.25, 0.3) is 5.89 Å². The van der Waals surface area contributed by atoms with Gasteiger partial charge in [-0.1, -0.05) is 28.9 Å². The number of carbonyl (C=O) groups excluding carboxylic acids is 1. The van der Waals surface area contributed by atoms with Crippen LogP contribution < -0.4 is 5.32 Å². The average Bonchev–Trinajstić information content (AvgIpc) is 3.26. The number of thiophene rings is 1. The minimum Gasteiger partial charge on any atom is -0.402 e. The number of nitrogens with one attached hydrogen (secondary N) is 1. The Balaban J connectivity index is 1.50. The Morgan fingerprint density at radius 1 is 1.19 bits per heavy atom. The van der Waals surface area contributed by atoms with Gasteiger partial charge in [0.05, 0.1) is 15.5 Å². The number of hydrogen-bond donors (Lipinski definition) is 1. The van der Waals surface area contributed by atoms with Gasteiger partial charge >= 0.3 is 6.01 Å². The van der Waals surface area contributed by atoms with Crippen LogP contribution in [0.1, 0.15) is 18.4 Å². The molecule has 0 saturated heterocycles. The molecule has 0 fully saturated rings. The molecule has 2 aromatic heterocycles. The molecule has 1 N–H and O–H groups in total. The minimum atomic E-state index is -3.40. The third-order valence-corrected chi connectivity index (χ3v) is 6.27. The topological polar surface area (TPSA) is 102 Å². The van der Waals surface area contributed by atoms with Crippen molar-refractivity contribution < 1.29 is 17.6 Å². The molecule has 0 aliphatic rings. The van der Waals surface area contributed by atoms with Crippen LogP contribution in [0.15, 0.2) is 51.1 Å². The van der Waals surface area contributed by atoms with Gasteiger partial charge in [0.2, 0.25) is 5.91 Å². The van der Waals surface area contributed by atoms with Gasteiger partial charge in [0.15, 0.2) is 9.84 Å². The molecule has 136 valence electrons. The third kappa shape index (κ3) is 4.55. The van der Waals surface area contributed by atoms with E-state index >= 15 is 0 Å². The molecule has 0 aliphatic carbocycles. The first kappa shape index (κ1) is 18.3. The molecule has 1 amide bonds. The highest BCUT2D eigenvalue weighted by Crippen LogP contribution is 2.24.